The van der Waals surface area contributed by atoms with E-state index in [0.717, 1.165) is 36.8 Å². The molecule has 1 aliphatic heterocycles. The Kier molecular flexibility index (Phi) is 4.44. The second kappa shape index (κ2) is 6.78. The quantitative estimate of drug-likeness (QED) is 0.700. The predicted molar refractivity (Wildman–Crippen MR) is 102 cm³/mol. The maximum absolute atomic E-state index is 11.9. The van der Waals surface area contributed by atoms with Crippen LogP contribution in [0.1, 0.15) is 12.7 Å². The lowest BCUT2D eigenvalue weighted by molar-refractivity contribution is 0.595. The highest BCUT2D eigenvalue weighted by Crippen LogP contribution is 2.26. The van der Waals surface area contributed by atoms with Gasteiger partial charge in [-0.1, -0.05) is 19.1 Å². The minimum Gasteiger partial charge on any atom is -0.367 e. The molecule has 1 saturated heterocycles. The molecule has 2 N–H and O–H groups in total. The standard InChI is InChI=1S/C17H21N7O2S/c1-2-15-19-20-16-7-8-17(21-24(15)16)23-11-9-22(10-12-23)13-5-3-4-6-14(13)27(18,25)26/h3-8H,2,9-12H2,1H3,(H2,18,25,26). The van der Waals surface area contributed by atoms with E-state index in [9.17, 15) is 8.42 Å². The molecule has 10 heteroatoms. The van der Waals surface area contributed by atoms with E-state index >= 15 is 0 Å². The molecule has 0 unspecified atom stereocenters. The van der Waals surface area contributed by atoms with E-state index in [1.165, 1.54) is 0 Å². The summed E-state index contributed by atoms with van der Waals surface area (Å²) in [5.74, 6) is 1.68. The first-order valence-corrected chi connectivity index (χ1v) is 10.3. The van der Waals surface area contributed by atoms with Gasteiger partial charge in [0.05, 0.1) is 5.69 Å². The van der Waals surface area contributed by atoms with Crippen LogP contribution in [0.15, 0.2) is 41.3 Å². The Balaban J connectivity index is 1.55. The summed E-state index contributed by atoms with van der Waals surface area (Å²) >= 11 is 0. The van der Waals surface area contributed by atoms with Crippen molar-refractivity contribution >= 4 is 27.2 Å². The highest BCUT2D eigenvalue weighted by Gasteiger charge is 2.23. The second-order valence-electron chi connectivity index (χ2n) is 6.42. The van der Waals surface area contributed by atoms with Crippen LogP contribution in [0.3, 0.4) is 0 Å². The van der Waals surface area contributed by atoms with E-state index < -0.39 is 10.0 Å². The fourth-order valence-corrected chi connectivity index (χ4v) is 4.11. The van der Waals surface area contributed by atoms with Crippen LogP contribution in [0, 0.1) is 0 Å². The van der Waals surface area contributed by atoms with Gasteiger partial charge in [0.25, 0.3) is 0 Å². The average molecular weight is 387 g/mol. The zero-order valence-corrected chi connectivity index (χ0v) is 15.8. The van der Waals surface area contributed by atoms with Gasteiger partial charge in [0.15, 0.2) is 11.5 Å². The molecule has 1 aliphatic rings. The number of benzene rings is 1. The van der Waals surface area contributed by atoms with E-state index in [2.05, 4.69) is 20.2 Å². The number of hydrogen-bond acceptors (Lipinski definition) is 7. The van der Waals surface area contributed by atoms with Crippen molar-refractivity contribution in [1.82, 2.24) is 19.8 Å². The fourth-order valence-electron chi connectivity index (χ4n) is 3.35. The lowest BCUT2D eigenvalue weighted by atomic mass is 10.2. The first kappa shape index (κ1) is 17.7. The number of primary sulfonamides is 1. The van der Waals surface area contributed by atoms with Crippen LogP contribution in [-0.2, 0) is 16.4 Å². The molecule has 0 saturated carbocycles. The first-order valence-electron chi connectivity index (χ1n) is 8.80. The van der Waals surface area contributed by atoms with Crippen LogP contribution in [-0.4, -0.2) is 54.4 Å². The van der Waals surface area contributed by atoms with Crippen LogP contribution < -0.4 is 14.9 Å². The van der Waals surface area contributed by atoms with Gasteiger partial charge in [-0.15, -0.1) is 15.3 Å². The molecule has 142 valence electrons. The van der Waals surface area contributed by atoms with Crippen LogP contribution in [0.2, 0.25) is 0 Å². The summed E-state index contributed by atoms with van der Waals surface area (Å²) in [7, 11) is -3.76. The monoisotopic (exact) mass is 387 g/mol. The molecule has 0 spiro atoms. The number of anilines is 2. The van der Waals surface area contributed by atoms with E-state index in [4.69, 9.17) is 5.14 Å². The Morgan fingerprint density at radius 1 is 1.00 bits per heavy atom. The van der Waals surface area contributed by atoms with Crippen molar-refractivity contribution in [1.29, 1.82) is 0 Å². The smallest absolute Gasteiger partial charge is 0.240 e. The topological polar surface area (TPSA) is 110 Å². The lowest BCUT2D eigenvalue weighted by Gasteiger charge is -2.37. The van der Waals surface area contributed by atoms with Crippen LogP contribution in [0.5, 0.6) is 0 Å². The molecule has 0 bridgehead atoms. The Morgan fingerprint density at radius 2 is 1.70 bits per heavy atom. The van der Waals surface area contributed by atoms with Crippen LogP contribution >= 0.6 is 0 Å². The Labute approximate surface area is 157 Å². The van der Waals surface area contributed by atoms with E-state index in [1.807, 2.05) is 30.0 Å². The summed E-state index contributed by atoms with van der Waals surface area (Å²) < 4.78 is 25.5. The van der Waals surface area contributed by atoms with Gasteiger partial charge in [-0.3, -0.25) is 0 Å². The molecule has 0 radical (unpaired) electrons. The molecule has 4 rings (SSSR count). The van der Waals surface area contributed by atoms with Gasteiger partial charge in [0.2, 0.25) is 10.0 Å². The summed E-state index contributed by atoms with van der Waals surface area (Å²) in [6.45, 7) is 4.82. The number of para-hydroxylation sites is 1. The molecule has 0 amide bonds. The van der Waals surface area contributed by atoms with Crippen LogP contribution in [0.4, 0.5) is 11.5 Å². The number of hydrogen-bond donors (Lipinski definition) is 1. The molecular weight excluding hydrogens is 366 g/mol. The summed E-state index contributed by atoms with van der Waals surface area (Å²) in [5, 5.41) is 18.3. The third-order valence-electron chi connectivity index (χ3n) is 4.75. The third-order valence-corrected chi connectivity index (χ3v) is 5.70. The molecule has 2 aromatic heterocycles. The van der Waals surface area contributed by atoms with Gasteiger partial charge < -0.3 is 9.80 Å². The molecule has 1 aromatic carbocycles. The third kappa shape index (κ3) is 3.33. The SMILES string of the molecule is CCc1nnc2ccc(N3CCN(c4ccccc4S(N)(=O)=O)CC3)nn12. The summed E-state index contributed by atoms with van der Waals surface area (Å²) in [6.07, 6.45) is 0.760. The van der Waals surface area contributed by atoms with Gasteiger partial charge in [-0.25, -0.2) is 13.6 Å². The van der Waals surface area contributed by atoms with Gasteiger partial charge >= 0.3 is 0 Å². The zero-order valence-electron chi connectivity index (χ0n) is 15.0. The van der Waals surface area contributed by atoms with E-state index in [1.54, 1.807) is 22.7 Å². The van der Waals surface area contributed by atoms with Crippen molar-refractivity contribution < 1.29 is 8.42 Å². The number of fused-ring (bicyclic) bond motifs is 1. The van der Waals surface area contributed by atoms with Gasteiger partial charge in [0, 0.05) is 32.6 Å². The Bertz CT molecular complexity index is 1070. The van der Waals surface area contributed by atoms with Gasteiger partial charge in [-0.05, 0) is 24.3 Å². The van der Waals surface area contributed by atoms with Crippen molar-refractivity contribution in [2.75, 3.05) is 36.0 Å². The zero-order chi connectivity index (χ0) is 19.0. The van der Waals surface area contributed by atoms with Crippen molar-refractivity contribution in [2.45, 2.75) is 18.2 Å². The maximum Gasteiger partial charge on any atom is 0.240 e. The van der Waals surface area contributed by atoms with Crippen molar-refractivity contribution in [2.24, 2.45) is 5.14 Å². The lowest BCUT2D eigenvalue weighted by Crippen LogP contribution is -2.47. The van der Waals surface area contributed by atoms with E-state index in [-0.39, 0.29) is 4.90 Å². The minimum absolute atomic E-state index is 0.162. The number of piperazine rings is 1. The normalized spacial score (nSPS) is 15.5. The van der Waals surface area contributed by atoms with Crippen LogP contribution in [0.25, 0.3) is 5.65 Å². The highest BCUT2D eigenvalue weighted by molar-refractivity contribution is 7.89. The number of nitrogens with zero attached hydrogens (tertiary/aromatic N) is 6. The Hall–Kier alpha value is -2.72. The molecular formula is C17H21N7O2S. The predicted octanol–water partition coefficient (Wildman–Crippen LogP) is 0.661. The first-order chi connectivity index (χ1) is 13.0. The number of aryl methyl sites for hydroxylation is 1. The second-order valence-corrected chi connectivity index (χ2v) is 7.95. The Morgan fingerprint density at radius 3 is 2.41 bits per heavy atom. The molecule has 1 fully saturated rings. The van der Waals surface area contributed by atoms with Crippen molar-refractivity contribution in [3.8, 4) is 0 Å². The summed E-state index contributed by atoms with van der Waals surface area (Å²) in [4.78, 5) is 4.38. The molecule has 3 aromatic rings. The number of aromatic nitrogens is 4. The number of sulfonamides is 1. The van der Waals surface area contributed by atoms with Crippen molar-refractivity contribution in [3.63, 3.8) is 0 Å². The molecule has 9 nitrogen and oxygen atoms in total. The number of nitrogens with two attached hydrogens (primary N) is 1. The number of rotatable bonds is 4. The molecule has 0 aliphatic carbocycles. The molecule has 27 heavy (non-hydrogen) atoms. The highest BCUT2D eigenvalue weighted by atomic mass is 32.2. The minimum atomic E-state index is -3.76. The fraction of sp³-hybridized carbons (Fsp3) is 0.353. The maximum atomic E-state index is 11.9. The average Bonchev–Trinajstić information content (AvgIpc) is 3.10. The summed E-state index contributed by atoms with van der Waals surface area (Å²) in [5.41, 5.74) is 1.38. The van der Waals surface area contributed by atoms with E-state index in [0.29, 0.717) is 18.8 Å². The van der Waals surface area contributed by atoms with Crippen molar-refractivity contribution in [3.05, 3.63) is 42.2 Å². The summed E-state index contributed by atoms with van der Waals surface area (Å²) in [6, 6.07) is 10.7. The molecule has 0 atom stereocenters. The van der Waals surface area contributed by atoms with Gasteiger partial charge in [-0.2, -0.15) is 4.52 Å². The molecule has 3 heterocycles. The largest absolute Gasteiger partial charge is 0.367 e. The van der Waals surface area contributed by atoms with Gasteiger partial charge in [0.1, 0.15) is 10.7 Å².